The van der Waals surface area contributed by atoms with Gasteiger partial charge in [0, 0.05) is 12.1 Å². The molecule has 10 heavy (non-hydrogen) atoms. The Morgan fingerprint density at radius 2 is 2.30 bits per heavy atom. The van der Waals surface area contributed by atoms with Crippen LogP contribution in [0.5, 0.6) is 0 Å². The van der Waals surface area contributed by atoms with Crippen molar-refractivity contribution >= 4 is 5.91 Å². The summed E-state index contributed by atoms with van der Waals surface area (Å²) in [6.45, 7) is 3.67. The maximum absolute atomic E-state index is 10.7. The SMILES string of the molecule is CC(C)NC(=O)/C=C/CO. The lowest BCUT2D eigenvalue weighted by atomic mass is 10.4. The van der Waals surface area contributed by atoms with Crippen molar-refractivity contribution in [2.24, 2.45) is 0 Å². The first kappa shape index (κ1) is 9.17. The number of aliphatic hydroxyl groups is 1. The van der Waals surface area contributed by atoms with Crippen LogP contribution in [0.15, 0.2) is 12.2 Å². The topological polar surface area (TPSA) is 49.3 Å². The van der Waals surface area contributed by atoms with E-state index in [0.29, 0.717) is 0 Å². The second kappa shape index (κ2) is 4.99. The van der Waals surface area contributed by atoms with Crippen LogP contribution < -0.4 is 5.32 Å². The molecule has 0 atom stereocenters. The molecule has 0 aromatic carbocycles. The molecule has 3 nitrogen and oxygen atoms in total. The Hall–Kier alpha value is -0.830. The fraction of sp³-hybridized carbons (Fsp3) is 0.571. The van der Waals surface area contributed by atoms with Crippen molar-refractivity contribution in [3.63, 3.8) is 0 Å². The predicted octanol–water partition coefficient (Wildman–Crippen LogP) is 0.0595. The van der Waals surface area contributed by atoms with E-state index < -0.39 is 0 Å². The van der Waals surface area contributed by atoms with Crippen molar-refractivity contribution in [1.29, 1.82) is 0 Å². The highest BCUT2D eigenvalue weighted by Gasteiger charge is 1.95. The molecule has 58 valence electrons. The first-order valence-corrected chi connectivity index (χ1v) is 3.24. The fourth-order valence-electron chi connectivity index (χ4n) is 0.492. The van der Waals surface area contributed by atoms with Crippen molar-refractivity contribution in [2.45, 2.75) is 19.9 Å². The number of amides is 1. The molecule has 0 spiro atoms. The lowest BCUT2D eigenvalue weighted by Gasteiger charge is -2.03. The molecule has 0 aliphatic heterocycles. The number of rotatable bonds is 3. The van der Waals surface area contributed by atoms with Gasteiger partial charge in [-0.25, -0.2) is 0 Å². The second-order valence-electron chi connectivity index (χ2n) is 2.25. The van der Waals surface area contributed by atoms with Crippen LogP contribution in [-0.4, -0.2) is 23.7 Å². The second-order valence-corrected chi connectivity index (χ2v) is 2.25. The Bertz CT molecular complexity index is 130. The van der Waals surface area contributed by atoms with Crippen LogP contribution in [0.1, 0.15) is 13.8 Å². The van der Waals surface area contributed by atoms with Crippen LogP contribution in [0.3, 0.4) is 0 Å². The molecular formula is C7H13NO2. The van der Waals surface area contributed by atoms with Crippen molar-refractivity contribution in [2.75, 3.05) is 6.61 Å². The van der Waals surface area contributed by atoms with Crippen LogP contribution in [0.25, 0.3) is 0 Å². The van der Waals surface area contributed by atoms with E-state index in [9.17, 15) is 4.79 Å². The van der Waals surface area contributed by atoms with E-state index in [1.54, 1.807) is 0 Å². The van der Waals surface area contributed by atoms with Crippen LogP contribution in [0.2, 0.25) is 0 Å². The fourth-order valence-corrected chi connectivity index (χ4v) is 0.492. The molecule has 0 aromatic heterocycles. The van der Waals surface area contributed by atoms with Crippen LogP contribution in [0.4, 0.5) is 0 Å². The molecule has 0 bridgehead atoms. The van der Waals surface area contributed by atoms with E-state index in [1.165, 1.54) is 12.2 Å². The average molecular weight is 143 g/mol. The van der Waals surface area contributed by atoms with Gasteiger partial charge in [0.2, 0.25) is 5.91 Å². The number of nitrogens with one attached hydrogen (secondary N) is 1. The highest BCUT2D eigenvalue weighted by molar-refractivity contribution is 5.87. The van der Waals surface area contributed by atoms with Gasteiger partial charge >= 0.3 is 0 Å². The average Bonchev–Trinajstić information content (AvgIpc) is 1.82. The molecule has 0 saturated heterocycles. The minimum absolute atomic E-state index is 0.0918. The van der Waals surface area contributed by atoms with E-state index >= 15 is 0 Å². The molecule has 0 aliphatic carbocycles. The first-order chi connectivity index (χ1) is 4.66. The van der Waals surface area contributed by atoms with Gasteiger partial charge in [-0.2, -0.15) is 0 Å². The number of aliphatic hydroxyl groups excluding tert-OH is 1. The summed E-state index contributed by atoms with van der Waals surface area (Å²) in [5, 5.41) is 10.9. The van der Waals surface area contributed by atoms with E-state index in [1.807, 2.05) is 13.8 Å². The summed E-state index contributed by atoms with van der Waals surface area (Å²) in [6.07, 6.45) is 2.72. The number of carbonyl (C=O) groups excluding carboxylic acids is 1. The smallest absolute Gasteiger partial charge is 0.243 e. The molecule has 0 rings (SSSR count). The molecule has 0 aliphatic rings. The van der Waals surface area contributed by atoms with Gasteiger partial charge in [-0.15, -0.1) is 0 Å². The zero-order valence-electron chi connectivity index (χ0n) is 6.29. The van der Waals surface area contributed by atoms with E-state index in [-0.39, 0.29) is 18.6 Å². The Balaban J connectivity index is 3.54. The summed E-state index contributed by atoms with van der Waals surface area (Å²) < 4.78 is 0. The molecule has 1 amide bonds. The van der Waals surface area contributed by atoms with E-state index in [4.69, 9.17) is 5.11 Å². The van der Waals surface area contributed by atoms with E-state index in [2.05, 4.69) is 5.32 Å². The van der Waals surface area contributed by atoms with Crippen molar-refractivity contribution in [3.8, 4) is 0 Å². The quantitative estimate of drug-likeness (QED) is 0.549. The number of hydrogen-bond donors (Lipinski definition) is 2. The van der Waals surface area contributed by atoms with Gasteiger partial charge in [0.15, 0.2) is 0 Å². The highest BCUT2D eigenvalue weighted by atomic mass is 16.2. The highest BCUT2D eigenvalue weighted by Crippen LogP contribution is 1.78. The normalized spacial score (nSPS) is 10.8. The maximum atomic E-state index is 10.7. The Labute approximate surface area is 60.7 Å². The van der Waals surface area contributed by atoms with Gasteiger partial charge in [0.1, 0.15) is 0 Å². The standard InChI is InChI=1S/C7H13NO2/c1-6(2)8-7(10)4-3-5-9/h3-4,6,9H,5H2,1-2H3,(H,8,10)/b4-3+. The van der Waals surface area contributed by atoms with Gasteiger partial charge < -0.3 is 10.4 Å². The largest absolute Gasteiger partial charge is 0.392 e. The lowest BCUT2D eigenvalue weighted by Crippen LogP contribution is -2.28. The summed E-state index contributed by atoms with van der Waals surface area (Å²) in [7, 11) is 0. The number of hydrogen-bond acceptors (Lipinski definition) is 2. The molecule has 0 fully saturated rings. The van der Waals surface area contributed by atoms with Gasteiger partial charge in [-0.3, -0.25) is 4.79 Å². The molecule has 2 N–H and O–H groups in total. The van der Waals surface area contributed by atoms with Gasteiger partial charge in [0.25, 0.3) is 0 Å². The van der Waals surface area contributed by atoms with E-state index in [0.717, 1.165) is 0 Å². The molecule has 0 radical (unpaired) electrons. The van der Waals surface area contributed by atoms with Crippen molar-refractivity contribution < 1.29 is 9.90 Å². The molecule has 0 unspecified atom stereocenters. The van der Waals surface area contributed by atoms with Crippen molar-refractivity contribution in [1.82, 2.24) is 5.32 Å². The number of carbonyl (C=O) groups is 1. The first-order valence-electron chi connectivity index (χ1n) is 3.24. The van der Waals surface area contributed by atoms with Gasteiger partial charge in [-0.05, 0) is 13.8 Å². The third-order valence-corrected chi connectivity index (χ3v) is 0.806. The summed E-state index contributed by atoms with van der Waals surface area (Å²) in [5.41, 5.74) is 0. The third-order valence-electron chi connectivity index (χ3n) is 0.806. The molecule has 0 heterocycles. The summed E-state index contributed by atoms with van der Waals surface area (Å²) in [4.78, 5) is 10.7. The molecule has 0 saturated carbocycles. The summed E-state index contributed by atoms with van der Waals surface area (Å²) in [6, 6.07) is 0.149. The zero-order chi connectivity index (χ0) is 7.98. The Kier molecular flexibility index (Phi) is 4.58. The Morgan fingerprint density at radius 3 is 2.70 bits per heavy atom. The predicted molar refractivity (Wildman–Crippen MR) is 39.5 cm³/mol. The third kappa shape index (κ3) is 5.31. The molecule has 0 aromatic rings. The van der Waals surface area contributed by atoms with Crippen molar-refractivity contribution in [3.05, 3.63) is 12.2 Å². The zero-order valence-corrected chi connectivity index (χ0v) is 6.29. The van der Waals surface area contributed by atoms with Gasteiger partial charge in [0.05, 0.1) is 6.61 Å². The summed E-state index contributed by atoms with van der Waals surface area (Å²) in [5.74, 6) is -0.163. The minimum atomic E-state index is -0.163. The molecule has 3 heteroatoms. The van der Waals surface area contributed by atoms with Crippen LogP contribution in [0, 0.1) is 0 Å². The minimum Gasteiger partial charge on any atom is -0.392 e. The van der Waals surface area contributed by atoms with Gasteiger partial charge in [-0.1, -0.05) is 6.08 Å². The van der Waals surface area contributed by atoms with Crippen LogP contribution >= 0.6 is 0 Å². The Morgan fingerprint density at radius 1 is 1.70 bits per heavy atom. The molecular weight excluding hydrogens is 130 g/mol. The lowest BCUT2D eigenvalue weighted by molar-refractivity contribution is -0.117. The summed E-state index contributed by atoms with van der Waals surface area (Å²) >= 11 is 0. The maximum Gasteiger partial charge on any atom is 0.243 e. The van der Waals surface area contributed by atoms with Crippen LogP contribution in [-0.2, 0) is 4.79 Å². The monoisotopic (exact) mass is 143 g/mol.